The second kappa shape index (κ2) is 11.3. The molecule has 2 N–H and O–H groups in total. The number of likely N-dealkylation sites (tertiary alicyclic amines) is 1. The summed E-state index contributed by atoms with van der Waals surface area (Å²) in [6, 6.07) is 10.2. The normalized spacial score (nSPS) is 17.9. The van der Waals surface area contributed by atoms with Crippen molar-refractivity contribution in [2.45, 2.75) is 33.2 Å². The Labute approximate surface area is 218 Å². The van der Waals surface area contributed by atoms with E-state index in [0.717, 1.165) is 78.5 Å². The summed E-state index contributed by atoms with van der Waals surface area (Å²) in [4.78, 5) is 22.1. The molecule has 0 unspecified atom stereocenters. The van der Waals surface area contributed by atoms with Gasteiger partial charge in [-0.2, -0.15) is 5.10 Å². The fourth-order valence-corrected chi connectivity index (χ4v) is 5.06. The Kier molecular flexibility index (Phi) is 7.71. The molecule has 37 heavy (non-hydrogen) atoms. The average molecular weight is 505 g/mol. The van der Waals surface area contributed by atoms with Crippen LogP contribution in [-0.4, -0.2) is 76.8 Å². The van der Waals surface area contributed by atoms with Gasteiger partial charge in [-0.3, -0.25) is 4.68 Å². The minimum Gasteiger partial charge on any atom is -0.394 e. The summed E-state index contributed by atoms with van der Waals surface area (Å²) in [6.07, 6.45) is 5.87. The largest absolute Gasteiger partial charge is 0.394 e. The molecule has 3 aromatic rings. The molecule has 2 saturated heterocycles. The van der Waals surface area contributed by atoms with Gasteiger partial charge in [0.05, 0.1) is 38.3 Å². The van der Waals surface area contributed by atoms with Crippen molar-refractivity contribution in [2.75, 3.05) is 56.2 Å². The molecule has 1 aromatic carbocycles. The second-order valence-corrected chi connectivity index (χ2v) is 9.88. The SMILES string of the molecule is CC[C@@H]1CCN(C(=O)Nc2ccc(C)c(-c3cc(-c4cnn(CCO)c4)nc(N4CCOCC4)c3)c2)C1. The number of hydrogen-bond acceptors (Lipinski definition) is 6. The van der Waals surface area contributed by atoms with Gasteiger partial charge in [0.1, 0.15) is 5.82 Å². The molecule has 0 bridgehead atoms. The number of ether oxygens (including phenoxy) is 1. The molecule has 1 atom stereocenters. The Morgan fingerprint density at radius 2 is 2.00 bits per heavy atom. The van der Waals surface area contributed by atoms with Crippen LogP contribution in [0.5, 0.6) is 0 Å². The highest BCUT2D eigenvalue weighted by molar-refractivity contribution is 5.91. The Hall–Kier alpha value is -3.43. The van der Waals surface area contributed by atoms with Gasteiger partial charge in [0.2, 0.25) is 0 Å². The number of urea groups is 1. The molecule has 9 nitrogen and oxygen atoms in total. The third-order valence-electron chi connectivity index (χ3n) is 7.36. The number of anilines is 2. The van der Waals surface area contributed by atoms with E-state index in [-0.39, 0.29) is 12.6 Å². The van der Waals surface area contributed by atoms with Crippen LogP contribution in [0.3, 0.4) is 0 Å². The average Bonchev–Trinajstić information content (AvgIpc) is 3.60. The number of hydrogen-bond donors (Lipinski definition) is 2. The molecule has 0 aliphatic carbocycles. The molecule has 0 spiro atoms. The van der Waals surface area contributed by atoms with Crippen molar-refractivity contribution in [3.8, 4) is 22.4 Å². The van der Waals surface area contributed by atoms with Gasteiger partial charge in [-0.25, -0.2) is 9.78 Å². The molecule has 2 aliphatic rings. The van der Waals surface area contributed by atoms with Gasteiger partial charge >= 0.3 is 6.03 Å². The number of morpholine rings is 1. The standard InChI is InChI=1S/C28H36N6O3/c1-3-21-6-7-33(18-21)28(36)30-24-5-4-20(2)25(16-24)22-14-26(23-17-29-34(19-23)8-11-35)31-27(15-22)32-9-12-37-13-10-32/h4-5,14-17,19,21,35H,3,6-13,18H2,1-2H3,(H,30,36)/t21-/m1/s1. The van der Waals surface area contributed by atoms with E-state index in [4.69, 9.17) is 9.72 Å². The summed E-state index contributed by atoms with van der Waals surface area (Å²) >= 11 is 0. The number of carbonyl (C=O) groups is 1. The first kappa shape index (κ1) is 25.2. The van der Waals surface area contributed by atoms with Gasteiger partial charge in [0.25, 0.3) is 0 Å². The van der Waals surface area contributed by atoms with Crippen molar-refractivity contribution in [3.63, 3.8) is 0 Å². The van der Waals surface area contributed by atoms with Crippen LogP contribution in [0.1, 0.15) is 25.3 Å². The minimum absolute atomic E-state index is 0.0296. The van der Waals surface area contributed by atoms with E-state index in [1.54, 1.807) is 10.9 Å². The van der Waals surface area contributed by atoms with Crippen LogP contribution < -0.4 is 10.2 Å². The van der Waals surface area contributed by atoms with Crippen molar-refractivity contribution in [1.29, 1.82) is 0 Å². The summed E-state index contributed by atoms with van der Waals surface area (Å²) in [5, 5.41) is 16.8. The number of pyridine rings is 1. The zero-order chi connectivity index (χ0) is 25.8. The Morgan fingerprint density at radius 3 is 2.76 bits per heavy atom. The highest BCUT2D eigenvalue weighted by Crippen LogP contribution is 2.33. The summed E-state index contributed by atoms with van der Waals surface area (Å²) in [5.41, 5.74) is 5.69. The van der Waals surface area contributed by atoms with Crippen LogP contribution in [0.25, 0.3) is 22.4 Å². The van der Waals surface area contributed by atoms with E-state index < -0.39 is 0 Å². The van der Waals surface area contributed by atoms with Gasteiger partial charge < -0.3 is 25.0 Å². The molecule has 0 saturated carbocycles. The van der Waals surface area contributed by atoms with Gasteiger partial charge in [0, 0.05) is 43.6 Å². The van der Waals surface area contributed by atoms with Gasteiger partial charge in [-0.15, -0.1) is 0 Å². The van der Waals surface area contributed by atoms with E-state index in [9.17, 15) is 9.90 Å². The molecule has 5 rings (SSSR count). The zero-order valence-corrected chi connectivity index (χ0v) is 21.7. The number of amides is 2. The lowest BCUT2D eigenvalue weighted by Crippen LogP contribution is -2.36. The summed E-state index contributed by atoms with van der Waals surface area (Å²) in [6.45, 7) is 9.27. The number of aromatic nitrogens is 3. The predicted octanol–water partition coefficient (Wildman–Crippen LogP) is 4.01. The number of nitrogens with zero attached hydrogens (tertiary/aromatic N) is 5. The Morgan fingerprint density at radius 1 is 1.16 bits per heavy atom. The fraction of sp³-hybridized carbons (Fsp3) is 0.464. The Balaban J connectivity index is 1.47. The van der Waals surface area contributed by atoms with Crippen molar-refractivity contribution in [2.24, 2.45) is 5.92 Å². The molecule has 9 heteroatoms. The quantitative estimate of drug-likeness (QED) is 0.505. The highest BCUT2D eigenvalue weighted by Gasteiger charge is 2.25. The number of carbonyl (C=O) groups excluding carboxylic acids is 1. The number of aryl methyl sites for hydroxylation is 1. The van der Waals surface area contributed by atoms with Gasteiger partial charge in [0.15, 0.2) is 0 Å². The molecule has 196 valence electrons. The van der Waals surface area contributed by atoms with Crippen molar-refractivity contribution < 1.29 is 14.6 Å². The van der Waals surface area contributed by atoms with E-state index in [1.807, 2.05) is 17.2 Å². The molecule has 2 amide bonds. The molecule has 2 fully saturated rings. The van der Waals surface area contributed by atoms with Crippen LogP contribution in [0.15, 0.2) is 42.7 Å². The molecular weight excluding hydrogens is 468 g/mol. The number of aliphatic hydroxyl groups is 1. The molecular formula is C28H36N6O3. The lowest BCUT2D eigenvalue weighted by molar-refractivity contribution is 0.122. The summed E-state index contributed by atoms with van der Waals surface area (Å²) < 4.78 is 7.28. The maximum atomic E-state index is 12.9. The van der Waals surface area contributed by atoms with E-state index >= 15 is 0 Å². The highest BCUT2D eigenvalue weighted by atomic mass is 16.5. The molecule has 4 heterocycles. The van der Waals surface area contributed by atoms with E-state index in [1.165, 1.54) is 0 Å². The van der Waals surface area contributed by atoms with Crippen molar-refractivity contribution in [3.05, 3.63) is 48.3 Å². The van der Waals surface area contributed by atoms with Crippen LogP contribution in [0.4, 0.5) is 16.3 Å². The predicted molar refractivity (Wildman–Crippen MR) is 145 cm³/mol. The number of benzene rings is 1. The van der Waals surface area contributed by atoms with Crippen LogP contribution in [0.2, 0.25) is 0 Å². The Bertz CT molecular complexity index is 1240. The lowest BCUT2D eigenvalue weighted by Gasteiger charge is -2.28. The maximum Gasteiger partial charge on any atom is 0.321 e. The zero-order valence-electron chi connectivity index (χ0n) is 21.7. The number of aliphatic hydroxyl groups excluding tert-OH is 1. The summed E-state index contributed by atoms with van der Waals surface area (Å²) in [5.74, 6) is 1.48. The lowest BCUT2D eigenvalue weighted by atomic mass is 9.98. The first-order valence-corrected chi connectivity index (χ1v) is 13.2. The first-order valence-electron chi connectivity index (χ1n) is 13.2. The van der Waals surface area contributed by atoms with E-state index in [0.29, 0.717) is 25.7 Å². The van der Waals surface area contributed by atoms with Crippen LogP contribution in [0, 0.1) is 12.8 Å². The van der Waals surface area contributed by atoms with Gasteiger partial charge in [-0.05, 0) is 60.2 Å². The number of nitrogens with one attached hydrogen (secondary N) is 1. The van der Waals surface area contributed by atoms with Crippen molar-refractivity contribution in [1.82, 2.24) is 19.7 Å². The van der Waals surface area contributed by atoms with Gasteiger partial charge in [-0.1, -0.05) is 19.4 Å². The number of rotatable bonds is 7. The monoisotopic (exact) mass is 504 g/mol. The molecule has 2 aliphatic heterocycles. The molecule has 0 radical (unpaired) electrons. The van der Waals surface area contributed by atoms with Crippen LogP contribution in [-0.2, 0) is 11.3 Å². The second-order valence-electron chi connectivity index (χ2n) is 9.88. The minimum atomic E-state index is -0.0357. The first-order chi connectivity index (χ1) is 18.0. The third kappa shape index (κ3) is 5.78. The fourth-order valence-electron chi connectivity index (χ4n) is 5.06. The smallest absolute Gasteiger partial charge is 0.321 e. The van der Waals surface area contributed by atoms with Crippen LogP contribution >= 0.6 is 0 Å². The topological polar surface area (TPSA) is 95.8 Å². The third-order valence-corrected chi connectivity index (χ3v) is 7.36. The summed E-state index contributed by atoms with van der Waals surface area (Å²) in [7, 11) is 0. The molecule has 2 aromatic heterocycles. The van der Waals surface area contributed by atoms with E-state index in [2.05, 4.69) is 53.4 Å². The van der Waals surface area contributed by atoms with Crippen molar-refractivity contribution >= 4 is 17.5 Å². The maximum absolute atomic E-state index is 12.9.